The number of rotatable bonds is 3. The zero-order chi connectivity index (χ0) is 10.8. The molecular formula is C10H12N2O3. The van der Waals surface area contributed by atoms with Crippen LogP contribution >= 0.6 is 0 Å². The molecule has 0 aliphatic carbocycles. The van der Waals surface area contributed by atoms with Gasteiger partial charge in [0.15, 0.2) is 0 Å². The number of carbonyl (C=O) groups excluding carboxylic acids is 2. The summed E-state index contributed by atoms with van der Waals surface area (Å²) in [5, 5.41) is 0. The summed E-state index contributed by atoms with van der Waals surface area (Å²) in [5.41, 5.74) is 5.80. The molecular weight excluding hydrogens is 196 g/mol. The number of carbonyl (C=O) groups is 2. The highest BCUT2D eigenvalue weighted by Gasteiger charge is 2.30. The number of hydrogen-bond donors (Lipinski definition) is 1. The summed E-state index contributed by atoms with van der Waals surface area (Å²) in [5.74, 6) is 0.284. The molecule has 2 rings (SSSR count). The Labute approximate surface area is 86.8 Å². The Bertz CT molecular complexity index is 356. The van der Waals surface area contributed by atoms with E-state index in [2.05, 4.69) is 0 Å². The first-order valence-electron chi connectivity index (χ1n) is 4.80. The van der Waals surface area contributed by atoms with Crippen LogP contribution in [0.3, 0.4) is 0 Å². The van der Waals surface area contributed by atoms with E-state index in [-0.39, 0.29) is 18.4 Å². The second kappa shape index (κ2) is 3.86. The average molecular weight is 208 g/mol. The highest BCUT2D eigenvalue weighted by molar-refractivity contribution is 6.01. The highest BCUT2D eigenvalue weighted by atomic mass is 16.3. The van der Waals surface area contributed by atoms with Crippen molar-refractivity contribution in [1.29, 1.82) is 0 Å². The molecule has 1 aliphatic heterocycles. The third-order valence-electron chi connectivity index (χ3n) is 2.44. The minimum Gasteiger partial charge on any atom is -0.468 e. The molecule has 2 heterocycles. The minimum absolute atomic E-state index is 0.151. The van der Waals surface area contributed by atoms with Crippen LogP contribution in [0.25, 0.3) is 0 Å². The van der Waals surface area contributed by atoms with Crippen LogP contribution < -0.4 is 5.73 Å². The Morgan fingerprint density at radius 2 is 2.07 bits per heavy atom. The summed E-state index contributed by atoms with van der Waals surface area (Å²) in [6.45, 7) is 0.200. The first-order chi connectivity index (χ1) is 7.18. The molecule has 0 bridgehead atoms. The molecule has 15 heavy (non-hydrogen) atoms. The van der Waals surface area contributed by atoms with E-state index in [9.17, 15) is 9.59 Å². The van der Waals surface area contributed by atoms with Gasteiger partial charge in [0.1, 0.15) is 5.76 Å². The molecule has 1 atom stereocenters. The Balaban J connectivity index is 2.02. The molecule has 80 valence electrons. The van der Waals surface area contributed by atoms with Crippen LogP contribution in [0.1, 0.15) is 24.6 Å². The SMILES string of the molecule is NC(CN1C(=O)CCC1=O)c1ccco1. The zero-order valence-corrected chi connectivity index (χ0v) is 8.18. The van der Waals surface area contributed by atoms with Gasteiger partial charge in [-0.3, -0.25) is 14.5 Å². The number of amides is 2. The topological polar surface area (TPSA) is 76.5 Å². The summed E-state index contributed by atoms with van der Waals surface area (Å²) in [6, 6.07) is 3.02. The maximum Gasteiger partial charge on any atom is 0.229 e. The van der Waals surface area contributed by atoms with E-state index in [0.717, 1.165) is 0 Å². The summed E-state index contributed by atoms with van der Waals surface area (Å²) in [6.07, 6.45) is 2.11. The molecule has 1 aromatic heterocycles. The van der Waals surface area contributed by atoms with Gasteiger partial charge < -0.3 is 10.2 Å². The fraction of sp³-hybridized carbons (Fsp3) is 0.400. The largest absolute Gasteiger partial charge is 0.468 e. The number of nitrogens with zero attached hydrogens (tertiary/aromatic N) is 1. The van der Waals surface area contributed by atoms with Gasteiger partial charge in [0.05, 0.1) is 18.8 Å². The van der Waals surface area contributed by atoms with Gasteiger partial charge in [0.2, 0.25) is 11.8 Å². The van der Waals surface area contributed by atoms with E-state index < -0.39 is 6.04 Å². The zero-order valence-electron chi connectivity index (χ0n) is 8.18. The Morgan fingerprint density at radius 3 is 2.60 bits per heavy atom. The predicted molar refractivity (Wildman–Crippen MR) is 51.6 cm³/mol. The summed E-state index contributed by atoms with van der Waals surface area (Å²) in [7, 11) is 0. The van der Waals surface area contributed by atoms with Gasteiger partial charge in [-0.25, -0.2) is 0 Å². The van der Waals surface area contributed by atoms with E-state index in [1.165, 1.54) is 11.2 Å². The molecule has 0 spiro atoms. The third kappa shape index (κ3) is 1.92. The van der Waals surface area contributed by atoms with Gasteiger partial charge in [-0.05, 0) is 12.1 Å². The van der Waals surface area contributed by atoms with Crippen molar-refractivity contribution in [3.05, 3.63) is 24.2 Å². The molecule has 0 saturated carbocycles. The fourth-order valence-corrected chi connectivity index (χ4v) is 1.62. The molecule has 1 aliphatic rings. The lowest BCUT2D eigenvalue weighted by molar-refractivity contribution is -0.138. The van der Waals surface area contributed by atoms with Crippen LogP contribution in [0.4, 0.5) is 0 Å². The van der Waals surface area contributed by atoms with Crippen molar-refractivity contribution in [3.8, 4) is 0 Å². The minimum atomic E-state index is -0.439. The number of nitrogens with two attached hydrogens (primary N) is 1. The van der Waals surface area contributed by atoms with E-state index in [0.29, 0.717) is 18.6 Å². The molecule has 1 saturated heterocycles. The number of imide groups is 1. The molecule has 5 heteroatoms. The lowest BCUT2D eigenvalue weighted by atomic mass is 10.2. The third-order valence-corrected chi connectivity index (χ3v) is 2.44. The van der Waals surface area contributed by atoms with Crippen LogP contribution in [0.2, 0.25) is 0 Å². The Hall–Kier alpha value is -1.62. The first kappa shape index (κ1) is 9.92. The maximum atomic E-state index is 11.3. The average Bonchev–Trinajstić information content (AvgIpc) is 2.82. The normalized spacial score (nSPS) is 18.6. The van der Waals surface area contributed by atoms with Crippen molar-refractivity contribution in [2.75, 3.05) is 6.54 Å². The van der Waals surface area contributed by atoms with Crippen LogP contribution in [0, 0.1) is 0 Å². The maximum absolute atomic E-state index is 11.3. The van der Waals surface area contributed by atoms with Gasteiger partial charge in [0.25, 0.3) is 0 Å². The van der Waals surface area contributed by atoms with Crippen LogP contribution in [-0.2, 0) is 9.59 Å². The van der Waals surface area contributed by atoms with Gasteiger partial charge in [-0.2, -0.15) is 0 Å². The van der Waals surface area contributed by atoms with Crippen LogP contribution in [-0.4, -0.2) is 23.3 Å². The highest BCUT2D eigenvalue weighted by Crippen LogP contribution is 2.17. The first-order valence-corrected chi connectivity index (χ1v) is 4.80. The number of hydrogen-bond acceptors (Lipinski definition) is 4. The summed E-state index contributed by atoms with van der Waals surface area (Å²) < 4.78 is 5.10. The van der Waals surface area contributed by atoms with Gasteiger partial charge in [-0.1, -0.05) is 0 Å². The number of furan rings is 1. The van der Waals surface area contributed by atoms with Crippen molar-refractivity contribution in [2.24, 2.45) is 5.73 Å². The fourth-order valence-electron chi connectivity index (χ4n) is 1.62. The second-order valence-corrected chi connectivity index (χ2v) is 3.52. The van der Waals surface area contributed by atoms with Crippen molar-refractivity contribution < 1.29 is 14.0 Å². The number of likely N-dealkylation sites (tertiary alicyclic amines) is 1. The predicted octanol–water partition coefficient (Wildman–Crippen LogP) is 0.428. The van der Waals surface area contributed by atoms with E-state index >= 15 is 0 Å². The van der Waals surface area contributed by atoms with E-state index in [4.69, 9.17) is 10.2 Å². The molecule has 0 radical (unpaired) electrons. The summed E-state index contributed by atoms with van der Waals surface area (Å²) in [4.78, 5) is 23.8. The summed E-state index contributed by atoms with van der Waals surface area (Å²) >= 11 is 0. The molecule has 1 fully saturated rings. The van der Waals surface area contributed by atoms with Crippen molar-refractivity contribution in [3.63, 3.8) is 0 Å². The van der Waals surface area contributed by atoms with E-state index in [1.807, 2.05) is 0 Å². The monoisotopic (exact) mass is 208 g/mol. The van der Waals surface area contributed by atoms with Crippen LogP contribution in [0.5, 0.6) is 0 Å². The van der Waals surface area contributed by atoms with E-state index in [1.54, 1.807) is 12.1 Å². The molecule has 0 aromatic carbocycles. The van der Waals surface area contributed by atoms with Gasteiger partial charge in [-0.15, -0.1) is 0 Å². The van der Waals surface area contributed by atoms with Crippen molar-refractivity contribution in [2.45, 2.75) is 18.9 Å². The molecule has 2 amide bonds. The smallest absolute Gasteiger partial charge is 0.229 e. The molecule has 1 unspecified atom stereocenters. The quantitative estimate of drug-likeness (QED) is 0.731. The van der Waals surface area contributed by atoms with Crippen LogP contribution in [0.15, 0.2) is 22.8 Å². The van der Waals surface area contributed by atoms with Crippen molar-refractivity contribution in [1.82, 2.24) is 4.90 Å². The second-order valence-electron chi connectivity index (χ2n) is 3.52. The molecule has 5 nitrogen and oxygen atoms in total. The molecule has 2 N–H and O–H groups in total. The molecule has 1 aromatic rings. The Morgan fingerprint density at radius 1 is 1.40 bits per heavy atom. The standard InChI is InChI=1S/C10H12N2O3/c11-7(8-2-1-5-15-8)6-12-9(13)3-4-10(12)14/h1-2,5,7H,3-4,6,11H2. The van der Waals surface area contributed by atoms with Gasteiger partial charge >= 0.3 is 0 Å². The van der Waals surface area contributed by atoms with Gasteiger partial charge in [0, 0.05) is 12.8 Å². The lowest BCUT2D eigenvalue weighted by Gasteiger charge is -2.17. The van der Waals surface area contributed by atoms with Crippen molar-refractivity contribution >= 4 is 11.8 Å². The lowest BCUT2D eigenvalue weighted by Crippen LogP contribution is -2.35. The Kier molecular flexibility index (Phi) is 2.55.